The van der Waals surface area contributed by atoms with Crippen molar-refractivity contribution in [2.45, 2.75) is 19.6 Å². The van der Waals surface area contributed by atoms with Crippen molar-refractivity contribution in [3.63, 3.8) is 0 Å². The van der Waals surface area contributed by atoms with Crippen LogP contribution in [0.1, 0.15) is 0 Å². The zero-order chi connectivity index (χ0) is 33.3. The predicted molar refractivity (Wildman–Crippen MR) is 174 cm³/mol. The summed E-state index contributed by atoms with van der Waals surface area (Å²) in [5, 5.41) is 39.2. The molecule has 12 nitrogen and oxygen atoms in total. The fraction of sp³-hybridized carbons (Fsp3) is 0. The number of aromatic hydroxyl groups is 2. The lowest BCUT2D eigenvalue weighted by Gasteiger charge is -2.09. The van der Waals surface area contributed by atoms with Crippen molar-refractivity contribution >= 4 is 76.3 Å². The summed E-state index contributed by atoms with van der Waals surface area (Å²) in [5.41, 5.74) is 1.30. The van der Waals surface area contributed by atoms with Gasteiger partial charge in [0, 0.05) is 20.6 Å². The number of phenols is 2. The van der Waals surface area contributed by atoms with E-state index >= 15 is 0 Å². The van der Waals surface area contributed by atoms with Crippen LogP contribution in [0, 0.1) is 0 Å². The Labute approximate surface area is 272 Å². The number of hydrogen-bond acceptors (Lipinski definition) is 12. The summed E-state index contributed by atoms with van der Waals surface area (Å²) < 4.78 is 66.4. The van der Waals surface area contributed by atoms with Crippen molar-refractivity contribution in [1.82, 2.24) is 0 Å². The van der Waals surface area contributed by atoms with Crippen LogP contribution in [-0.4, -0.2) is 36.2 Å². The fourth-order valence-corrected chi connectivity index (χ4v) is 6.44. The SMILES string of the molecule is O=S(=O)([O-])c1ccc2c(N=Nc3ccc(Sc4ccc(N=Nc5c(O)ccc6cc(S(=O)(=O)O)ccc56)cc4)cc3)c(O)ccc2c1. The molecule has 0 saturated carbocycles. The van der Waals surface area contributed by atoms with Crippen molar-refractivity contribution < 1.29 is 36.2 Å². The van der Waals surface area contributed by atoms with Gasteiger partial charge in [0.05, 0.1) is 21.2 Å². The topological polar surface area (TPSA) is 201 Å². The molecule has 0 aliphatic rings. The highest BCUT2D eigenvalue weighted by atomic mass is 32.2. The Hall–Kier alpha value is -5.19. The second-order valence-electron chi connectivity index (χ2n) is 10.1. The Morgan fingerprint density at radius 2 is 0.957 bits per heavy atom. The molecule has 3 N–H and O–H groups in total. The number of nitrogens with zero attached hydrogens (tertiary/aromatic N) is 4. The third kappa shape index (κ3) is 7.14. The van der Waals surface area contributed by atoms with Gasteiger partial charge in [-0.05, 0) is 95.7 Å². The number of fused-ring (bicyclic) bond motifs is 2. The molecule has 47 heavy (non-hydrogen) atoms. The normalized spacial score (nSPS) is 12.5. The minimum absolute atomic E-state index is 0.134. The van der Waals surface area contributed by atoms with Crippen LogP contribution in [0.3, 0.4) is 0 Å². The zero-order valence-corrected chi connectivity index (χ0v) is 26.2. The average Bonchev–Trinajstić information content (AvgIpc) is 3.04. The first-order valence-corrected chi connectivity index (χ1v) is 17.2. The van der Waals surface area contributed by atoms with Gasteiger partial charge in [0.1, 0.15) is 33.0 Å². The quantitative estimate of drug-likeness (QED) is 0.104. The second kappa shape index (κ2) is 12.5. The fourth-order valence-electron chi connectivity index (χ4n) is 4.60. The molecule has 0 saturated heterocycles. The molecular weight excluding hydrogens is 665 g/mol. The van der Waals surface area contributed by atoms with Gasteiger partial charge < -0.3 is 14.8 Å². The van der Waals surface area contributed by atoms with Crippen molar-refractivity contribution in [2.24, 2.45) is 20.5 Å². The summed E-state index contributed by atoms with van der Waals surface area (Å²) in [5.74, 6) is -0.297. The third-order valence-corrected chi connectivity index (χ3v) is 9.61. The molecule has 15 heteroatoms. The van der Waals surface area contributed by atoms with Gasteiger partial charge in [0.2, 0.25) is 0 Å². The van der Waals surface area contributed by atoms with Crippen LogP contribution in [0.15, 0.2) is 149 Å². The van der Waals surface area contributed by atoms with E-state index in [1.54, 1.807) is 24.3 Å². The van der Waals surface area contributed by atoms with Gasteiger partial charge in [-0.15, -0.1) is 10.2 Å². The van der Waals surface area contributed by atoms with Gasteiger partial charge in [0.25, 0.3) is 10.1 Å². The summed E-state index contributed by atoms with van der Waals surface area (Å²) in [6, 6.07) is 27.8. The Bertz CT molecular complexity index is 2280. The van der Waals surface area contributed by atoms with E-state index in [0.717, 1.165) is 15.9 Å². The number of rotatable bonds is 8. The average molecular weight is 686 g/mol. The number of phenolic OH excluding ortho intramolecular Hbond substituents is 2. The maximum absolute atomic E-state index is 11.5. The molecular formula is C32H21N4O8S3-. The molecule has 0 fully saturated rings. The Balaban J connectivity index is 1.15. The van der Waals surface area contributed by atoms with Crippen molar-refractivity contribution in [3.05, 3.63) is 109 Å². The molecule has 0 aliphatic heterocycles. The monoisotopic (exact) mass is 685 g/mol. The lowest BCUT2D eigenvalue weighted by molar-refractivity contribution is 0.463. The second-order valence-corrected chi connectivity index (χ2v) is 14.0. The lowest BCUT2D eigenvalue weighted by atomic mass is 10.1. The molecule has 0 aromatic heterocycles. The molecule has 0 spiro atoms. The lowest BCUT2D eigenvalue weighted by Crippen LogP contribution is -1.97. The molecule has 0 amide bonds. The highest BCUT2D eigenvalue weighted by Gasteiger charge is 2.14. The third-order valence-electron chi connectivity index (χ3n) is 6.91. The Morgan fingerprint density at radius 1 is 0.532 bits per heavy atom. The minimum atomic E-state index is -4.63. The van der Waals surface area contributed by atoms with E-state index < -0.39 is 20.2 Å². The van der Waals surface area contributed by atoms with E-state index in [2.05, 4.69) is 20.5 Å². The van der Waals surface area contributed by atoms with Gasteiger partial charge in [-0.1, -0.05) is 36.0 Å². The van der Waals surface area contributed by atoms with E-state index in [1.807, 2.05) is 24.3 Å². The van der Waals surface area contributed by atoms with Crippen LogP contribution in [0.4, 0.5) is 22.7 Å². The molecule has 0 aliphatic carbocycles. The van der Waals surface area contributed by atoms with Crippen LogP contribution in [0.25, 0.3) is 21.5 Å². The van der Waals surface area contributed by atoms with E-state index in [4.69, 9.17) is 0 Å². The van der Waals surface area contributed by atoms with Crippen molar-refractivity contribution in [3.8, 4) is 11.5 Å². The molecule has 6 aromatic carbocycles. The zero-order valence-electron chi connectivity index (χ0n) is 23.8. The van der Waals surface area contributed by atoms with E-state index in [9.17, 15) is 36.2 Å². The molecule has 0 radical (unpaired) electrons. The first-order valence-electron chi connectivity index (χ1n) is 13.5. The molecule has 0 atom stereocenters. The van der Waals surface area contributed by atoms with Crippen LogP contribution >= 0.6 is 11.8 Å². The summed E-state index contributed by atoms with van der Waals surface area (Å²) in [4.78, 5) is 1.16. The smallest absolute Gasteiger partial charge is 0.294 e. The van der Waals surface area contributed by atoms with Gasteiger partial charge in [-0.2, -0.15) is 18.6 Å². The summed E-state index contributed by atoms with van der Waals surface area (Å²) in [7, 11) is -9.02. The van der Waals surface area contributed by atoms with E-state index in [0.29, 0.717) is 32.9 Å². The first-order chi connectivity index (χ1) is 22.3. The Morgan fingerprint density at radius 3 is 1.38 bits per heavy atom. The number of azo groups is 2. The highest BCUT2D eigenvalue weighted by Crippen LogP contribution is 2.39. The Kier molecular flexibility index (Phi) is 8.48. The molecule has 0 unspecified atom stereocenters. The highest BCUT2D eigenvalue weighted by molar-refractivity contribution is 7.99. The van der Waals surface area contributed by atoms with E-state index in [1.165, 1.54) is 66.4 Å². The first kappa shape index (κ1) is 31.8. The van der Waals surface area contributed by atoms with E-state index in [-0.39, 0.29) is 32.7 Å². The van der Waals surface area contributed by atoms with Gasteiger partial charge in [0.15, 0.2) is 0 Å². The standard InChI is InChI=1S/C32H22N4O8S3/c37-29-15-1-19-17-25(46(39,40)41)11-13-27(19)31(29)35-33-21-3-7-23(8-4-21)45-24-9-5-22(6-10-24)34-36-32-28-14-12-26(47(42,43)44)18-20(28)2-16-30(32)38/h1-18,37-38H,(H,39,40,41)(H,42,43,44)/p-1. The summed E-state index contributed by atoms with van der Waals surface area (Å²) in [6.45, 7) is 0. The summed E-state index contributed by atoms with van der Waals surface area (Å²) in [6.07, 6.45) is 0. The summed E-state index contributed by atoms with van der Waals surface area (Å²) >= 11 is 1.48. The minimum Gasteiger partial charge on any atom is -0.744 e. The van der Waals surface area contributed by atoms with Crippen molar-refractivity contribution in [2.75, 3.05) is 0 Å². The molecule has 6 aromatic rings. The van der Waals surface area contributed by atoms with Crippen LogP contribution < -0.4 is 0 Å². The number of benzene rings is 6. The van der Waals surface area contributed by atoms with Gasteiger partial charge in [-0.25, -0.2) is 8.42 Å². The molecule has 0 bridgehead atoms. The maximum Gasteiger partial charge on any atom is 0.294 e. The molecule has 236 valence electrons. The van der Waals surface area contributed by atoms with Crippen molar-refractivity contribution in [1.29, 1.82) is 0 Å². The molecule has 6 rings (SSSR count). The van der Waals surface area contributed by atoms with Crippen LogP contribution in [0.2, 0.25) is 0 Å². The van der Waals surface area contributed by atoms with Gasteiger partial charge in [-0.3, -0.25) is 4.55 Å². The van der Waals surface area contributed by atoms with Gasteiger partial charge >= 0.3 is 0 Å². The predicted octanol–water partition coefficient (Wildman–Crippen LogP) is 8.54. The number of hydrogen-bond donors (Lipinski definition) is 3. The largest absolute Gasteiger partial charge is 0.744 e. The van der Waals surface area contributed by atoms with Crippen LogP contribution in [-0.2, 0) is 20.2 Å². The van der Waals surface area contributed by atoms with Crippen LogP contribution in [0.5, 0.6) is 11.5 Å². The maximum atomic E-state index is 11.5. The molecule has 0 heterocycles.